The molecule has 0 aliphatic carbocycles. The van der Waals surface area contributed by atoms with E-state index in [1.54, 1.807) is 18.2 Å². The van der Waals surface area contributed by atoms with Crippen molar-refractivity contribution in [2.75, 3.05) is 0 Å². The average molecular weight is 323 g/mol. The van der Waals surface area contributed by atoms with Crippen LogP contribution < -0.4 is 0 Å². The van der Waals surface area contributed by atoms with Gasteiger partial charge in [0.2, 0.25) is 0 Å². The molecule has 0 spiro atoms. The Bertz CT molecular complexity index is 653. The zero-order valence-electron chi connectivity index (χ0n) is 11.6. The van der Waals surface area contributed by atoms with Crippen LogP contribution in [0.2, 0.25) is 10.0 Å². The number of benzene rings is 2. The van der Waals surface area contributed by atoms with Gasteiger partial charge < -0.3 is 5.11 Å². The van der Waals surface area contributed by atoms with Gasteiger partial charge in [-0.25, -0.2) is 0 Å². The Hall–Kier alpha value is -1.51. The Balaban J connectivity index is 2.18. The van der Waals surface area contributed by atoms with Gasteiger partial charge in [0.25, 0.3) is 0 Å². The SMILES string of the molecule is Cc1cccc(CC(Cc2ccc(Cl)cc2Cl)C(=O)O)c1. The summed E-state index contributed by atoms with van der Waals surface area (Å²) in [5, 5.41) is 10.5. The maximum Gasteiger partial charge on any atom is 0.307 e. The van der Waals surface area contributed by atoms with Gasteiger partial charge in [0.15, 0.2) is 0 Å². The van der Waals surface area contributed by atoms with E-state index in [9.17, 15) is 9.90 Å². The van der Waals surface area contributed by atoms with Crippen LogP contribution in [-0.2, 0) is 17.6 Å². The number of halogens is 2. The van der Waals surface area contributed by atoms with Crippen LogP contribution in [0.5, 0.6) is 0 Å². The molecule has 2 nitrogen and oxygen atoms in total. The first-order valence-electron chi connectivity index (χ1n) is 6.68. The number of carbonyl (C=O) groups is 1. The highest BCUT2D eigenvalue weighted by molar-refractivity contribution is 6.35. The monoisotopic (exact) mass is 322 g/mol. The Morgan fingerprint density at radius 2 is 1.90 bits per heavy atom. The number of rotatable bonds is 5. The molecule has 0 aromatic heterocycles. The van der Waals surface area contributed by atoms with Crippen molar-refractivity contribution >= 4 is 29.2 Å². The Morgan fingerprint density at radius 3 is 2.52 bits per heavy atom. The minimum absolute atomic E-state index is 0.388. The van der Waals surface area contributed by atoms with Crippen LogP contribution in [0.15, 0.2) is 42.5 Å². The fourth-order valence-corrected chi connectivity index (χ4v) is 2.81. The molecule has 0 heterocycles. The van der Waals surface area contributed by atoms with E-state index in [0.29, 0.717) is 22.9 Å². The zero-order valence-corrected chi connectivity index (χ0v) is 13.2. The lowest BCUT2D eigenvalue weighted by molar-refractivity contribution is -0.141. The first-order chi connectivity index (χ1) is 9.95. The van der Waals surface area contributed by atoms with Crippen molar-refractivity contribution in [2.45, 2.75) is 19.8 Å². The molecule has 0 saturated carbocycles. The standard InChI is InChI=1S/C17H16Cl2O2/c1-11-3-2-4-12(7-11)8-14(17(20)21)9-13-5-6-15(18)10-16(13)19/h2-7,10,14H,8-9H2,1H3,(H,20,21). The summed E-state index contributed by atoms with van der Waals surface area (Å²) in [7, 11) is 0. The molecule has 0 bridgehead atoms. The number of carboxylic acids is 1. The first-order valence-corrected chi connectivity index (χ1v) is 7.43. The van der Waals surface area contributed by atoms with E-state index in [1.807, 2.05) is 31.2 Å². The zero-order chi connectivity index (χ0) is 15.4. The number of aliphatic carboxylic acids is 1. The Kier molecular flexibility index (Phi) is 5.27. The number of hydrogen-bond acceptors (Lipinski definition) is 1. The molecule has 4 heteroatoms. The molecule has 0 fully saturated rings. The largest absolute Gasteiger partial charge is 0.481 e. The highest BCUT2D eigenvalue weighted by Gasteiger charge is 2.20. The molecule has 21 heavy (non-hydrogen) atoms. The van der Waals surface area contributed by atoms with Crippen molar-refractivity contribution in [2.24, 2.45) is 5.92 Å². The molecule has 0 radical (unpaired) electrons. The topological polar surface area (TPSA) is 37.3 Å². The van der Waals surface area contributed by atoms with Crippen molar-refractivity contribution in [1.29, 1.82) is 0 Å². The first kappa shape index (κ1) is 15.9. The second-order valence-corrected chi connectivity index (χ2v) is 6.01. The summed E-state index contributed by atoms with van der Waals surface area (Å²) in [5.74, 6) is -1.33. The van der Waals surface area contributed by atoms with Gasteiger partial charge in [-0.15, -0.1) is 0 Å². The molecular weight excluding hydrogens is 307 g/mol. The van der Waals surface area contributed by atoms with Crippen molar-refractivity contribution in [3.8, 4) is 0 Å². The summed E-state index contributed by atoms with van der Waals surface area (Å²) in [4.78, 5) is 11.5. The number of hydrogen-bond donors (Lipinski definition) is 1. The molecule has 1 N–H and O–H groups in total. The summed E-state index contributed by atoms with van der Waals surface area (Å²) >= 11 is 12.0. The van der Waals surface area contributed by atoms with Gasteiger partial charge in [-0.3, -0.25) is 4.79 Å². The van der Waals surface area contributed by atoms with Crippen molar-refractivity contribution in [3.05, 3.63) is 69.2 Å². The van der Waals surface area contributed by atoms with E-state index in [0.717, 1.165) is 16.7 Å². The van der Waals surface area contributed by atoms with Crippen molar-refractivity contribution < 1.29 is 9.90 Å². The maximum atomic E-state index is 11.5. The molecule has 0 amide bonds. The molecule has 0 saturated heterocycles. The third-order valence-electron chi connectivity index (χ3n) is 3.40. The van der Waals surface area contributed by atoms with Crippen LogP contribution in [-0.4, -0.2) is 11.1 Å². The van der Waals surface area contributed by atoms with E-state index >= 15 is 0 Å². The molecule has 2 rings (SSSR count). The van der Waals surface area contributed by atoms with E-state index in [2.05, 4.69) is 0 Å². The molecular formula is C17H16Cl2O2. The van der Waals surface area contributed by atoms with Gasteiger partial charge in [-0.1, -0.05) is 59.1 Å². The predicted molar refractivity (Wildman–Crippen MR) is 86.2 cm³/mol. The van der Waals surface area contributed by atoms with Crippen LogP contribution in [0.3, 0.4) is 0 Å². The Labute approximate surface area is 134 Å². The summed E-state index contributed by atoms with van der Waals surface area (Å²) in [6.07, 6.45) is 0.870. The highest BCUT2D eigenvalue weighted by atomic mass is 35.5. The minimum atomic E-state index is -0.817. The van der Waals surface area contributed by atoms with Gasteiger partial charge in [0.05, 0.1) is 5.92 Å². The van der Waals surface area contributed by atoms with Crippen LogP contribution in [0.25, 0.3) is 0 Å². The lowest BCUT2D eigenvalue weighted by Gasteiger charge is -2.14. The fraction of sp³-hybridized carbons (Fsp3) is 0.235. The van der Waals surface area contributed by atoms with Crippen LogP contribution in [0.1, 0.15) is 16.7 Å². The molecule has 1 atom stereocenters. The minimum Gasteiger partial charge on any atom is -0.481 e. The summed E-state index contributed by atoms with van der Waals surface area (Å²) < 4.78 is 0. The molecule has 0 aliphatic heterocycles. The summed E-state index contributed by atoms with van der Waals surface area (Å²) in [5.41, 5.74) is 2.95. The molecule has 2 aromatic rings. The van der Waals surface area contributed by atoms with Crippen molar-refractivity contribution in [1.82, 2.24) is 0 Å². The second kappa shape index (κ2) is 6.97. The van der Waals surface area contributed by atoms with E-state index in [1.165, 1.54) is 0 Å². The van der Waals surface area contributed by atoms with Gasteiger partial charge in [0.1, 0.15) is 0 Å². The predicted octanol–water partition coefficient (Wildman–Crippen LogP) is 4.79. The van der Waals surface area contributed by atoms with Crippen LogP contribution >= 0.6 is 23.2 Å². The quantitative estimate of drug-likeness (QED) is 0.859. The van der Waals surface area contributed by atoms with Gasteiger partial charge in [-0.2, -0.15) is 0 Å². The number of carboxylic acid groups (broad SMARTS) is 1. The smallest absolute Gasteiger partial charge is 0.307 e. The molecule has 0 aliphatic rings. The second-order valence-electron chi connectivity index (χ2n) is 5.17. The highest BCUT2D eigenvalue weighted by Crippen LogP contribution is 2.25. The van der Waals surface area contributed by atoms with E-state index < -0.39 is 11.9 Å². The van der Waals surface area contributed by atoms with Gasteiger partial charge in [0, 0.05) is 10.0 Å². The van der Waals surface area contributed by atoms with Gasteiger partial charge >= 0.3 is 5.97 Å². The van der Waals surface area contributed by atoms with Gasteiger partial charge in [-0.05, 0) is 43.0 Å². The average Bonchev–Trinajstić information content (AvgIpc) is 2.40. The van der Waals surface area contributed by atoms with E-state index in [4.69, 9.17) is 23.2 Å². The van der Waals surface area contributed by atoms with Crippen molar-refractivity contribution in [3.63, 3.8) is 0 Å². The van der Waals surface area contributed by atoms with E-state index in [-0.39, 0.29) is 0 Å². The maximum absolute atomic E-state index is 11.5. The summed E-state index contributed by atoms with van der Waals surface area (Å²) in [6.45, 7) is 2.00. The fourth-order valence-electron chi connectivity index (χ4n) is 2.32. The lowest BCUT2D eigenvalue weighted by atomic mass is 9.92. The number of aryl methyl sites for hydroxylation is 1. The van der Waals surface area contributed by atoms with Crippen LogP contribution in [0, 0.1) is 12.8 Å². The van der Waals surface area contributed by atoms with Crippen LogP contribution in [0.4, 0.5) is 0 Å². The molecule has 1 unspecified atom stereocenters. The molecule has 2 aromatic carbocycles. The third-order valence-corrected chi connectivity index (χ3v) is 3.98. The lowest BCUT2D eigenvalue weighted by Crippen LogP contribution is -2.19. The summed E-state index contributed by atoms with van der Waals surface area (Å²) in [6, 6.07) is 13.1. The third kappa shape index (κ3) is 4.48. The Morgan fingerprint density at radius 1 is 1.14 bits per heavy atom. The normalized spacial score (nSPS) is 12.1. The molecule has 110 valence electrons.